The van der Waals surface area contributed by atoms with Gasteiger partial charge < -0.3 is 10.6 Å². The number of nitrogens with one attached hydrogen (secondary N) is 2. The van der Waals surface area contributed by atoms with E-state index < -0.39 is 0 Å². The number of hydrogen-bond donors (Lipinski definition) is 2. The van der Waals surface area contributed by atoms with Gasteiger partial charge in [-0.25, -0.2) is 0 Å². The van der Waals surface area contributed by atoms with Crippen molar-refractivity contribution in [1.29, 1.82) is 0 Å². The number of aromatic nitrogens is 2. The summed E-state index contributed by atoms with van der Waals surface area (Å²) in [7, 11) is 0. The van der Waals surface area contributed by atoms with Crippen LogP contribution in [0.3, 0.4) is 0 Å². The van der Waals surface area contributed by atoms with E-state index in [1.165, 1.54) is 11.3 Å². The van der Waals surface area contributed by atoms with Gasteiger partial charge in [-0.1, -0.05) is 25.2 Å². The van der Waals surface area contributed by atoms with Crippen molar-refractivity contribution in [3.8, 4) is 0 Å². The van der Waals surface area contributed by atoms with Gasteiger partial charge in [0.25, 0.3) is 0 Å². The Morgan fingerprint density at radius 2 is 2.10 bits per heavy atom. The van der Waals surface area contributed by atoms with E-state index in [2.05, 4.69) is 34.7 Å². The number of piperidine rings is 1. The van der Waals surface area contributed by atoms with Crippen molar-refractivity contribution in [3.63, 3.8) is 0 Å². The standard InChI is InChI=1S/C13H22N4OS.ClH/c1-9(2)7-12-16-17-13(19-12)15-11(18)8-10-3-5-14-6-4-10;/h9-10,14H,3-8H2,1-2H3,(H,15,17,18);1H. The Morgan fingerprint density at radius 3 is 2.75 bits per heavy atom. The average molecular weight is 319 g/mol. The van der Waals surface area contributed by atoms with Gasteiger partial charge >= 0.3 is 0 Å². The van der Waals surface area contributed by atoms with Gasteiger partial charge in [0.15, 0.2) is 0 Å². The molecular weight excluding hydrogens is 296 g/mol. The van der Waals surface area contributed by atoms with Gasteiger partial charge in [-0.05, 0) is 37.8 Å². The molecule has 0 bridgehead atoms. The summed E-state index contributed by atoms with van der Waals surface area (Å²) in [5.74, 6) is 1.13. The number of anilines is 1. The molecule has 0 atom stereocenters. The zero-order chi connectivity index (χ0) is 13.7. The third-order valence-electron chi connectivity index (χ3n) is 3.23. The summed E-state index contributed by atoms with van der Waals surface area (Å²) in [5, 5.41) is 15.9. The van der Waals surface area contributed by atoms with Crippen LogP contribution in [0.5, 0.6) is 0 Å². The van der Waals surface area contributed by atoms with Crippen LogP contribution in [0.1, 0.15) is 38.1 Å². The van der Waals surface area contributed by atoms with E-state index >= 15 is 0 Å². The molecule has 0 aromatic carbocycles. The Labute approximate surface area is 130 Å². The fraction of sp³-hybridized carbons (Fsp3) is 0.769. The molecule has 2 heterocycles. The Bertz CT molecular complexity index is 418. The van der Waals surface area contributed by atoms with Crippen molar-refractivity contribution in [2.75, 3.05) is 18.4 Å². The Morgan fingerprint density at radius 1 is 1.40 bits per heavy atom. The van der Waals surface area contributed by atoms with E-state index in [0.717, 1.165) is 37.4 Å². The minimum Gasteiger partial charge on any atom is -0.317 e. The van der Waals surface area contributed by atoms with Crippen LogP contribution in [0.15, 0.2) is 0 Å². The molecule has 0 aliphatic carbocycles. The highest BCUT2D eigenvalue weighted by Crippen LogP contribution is 2.20. The van der Waals surface area contributed by atoms with E-state index in [4.69, 9.17) is 0 Å². The van der Waals surface area contributed by atoms with Gasteiger partial charge in [0.2, 0.25) is 11.0 Å². The van der Waals surface area contributed by atoms with Crippen molar-refractivity contribution < 1.29 is 4.79 Å². The van der Waals surface area contributed by atoms with Crippen molar-refractivity contribution in [3.05, 3.63) is 5.01 Å². The molecule has 0 spiro atoms. The Kier molecular flexibility index (Phi) is 7.40. The lowest BCUT2D eigenvalue weighted by Crippen LogP contribution is -2.30. The molecule has 20 heavy (non-hydrogen) atoms. The summed E-state index contributed by atoms with van der Waals surface area (Å²) in [4.78, 5) is 11.9. The van der Waals surface area contributed by atoms with Gasteiger partial charge in [0.1, 0.15) is 5.01 Å². The molecule has 1 aromatic heterocycles. The van der Waals surface area contributed by atoms with Crippen molar-refractivity contribution >= 4 is 34.8 Å². The van der Waals surface area contributed by atoms with E-state index in [9.17, 15) is 4.79 Å². The second-order valence-electron chi connectivity index (χ2n) is 5.54. The topological polar surface area (TPSA) is 66.9 Å². The molecule has 1 fully saturated rings. The molecule has 1 saturated heterocycles. The second-order valence-corrected chi connectivity index (χ2v) is 6.61. The molecule has 0 unspecified atom stereocenters. The normalized spacial score (nSPS) is 15.9. The Hall–Kier alpha value is -0.720. The predicted molar refractivity (Wildman–Crippen MR) is 84.5 cm³/mol. The highest BCUT2D eigenvalue weighted by Gasteiger charge is 2.17. The summed E-state index contributed by atoms with van der Waals surface area (Å²) in [5.41, 5.74) is 0. The molecule has 2 N–H and O–H groups in total. The van der Waals surface area contributed by atoms with Gasteiger partial charge in [-0.3, -0.25) is 4.79 Å². The van der Waals surface area contributed by atoms with E-state index in [0.29, 0.717) is 23.4 Å². The first kappa shape index (κ1) is 17.3. The van der Waals surface area contributed by atoms with Gasteiger partial charge in [0.05, 0.1) is 0 Å². The number of nitrogens with zero attached hydrogens (tertiary/aromatic N) is 2. The summed E-state index contributed by atoms with van der Waals surface area (Å²) >= 11 is 1.49. The maximum absolute atomic E-state index is 11.9. The number of amides is 1. The minimum atomic E-state index is 0. The maximum atomic E-state index is 11.9. The fourth-order valence-corrected chi connectivity index (χ4v) is 3.22. The molecule has 0 radical (unpaired) electrons. The lowest BCUT2D eigenvalue weighted by molar-refractivity contribution is -0.117. The summed E-state index contributed by atoms with van der Waals surface area (Å²) in [6, 6.07) is 0. The molecule has 1 amide bonds. The average Bonchev–Trinajstić information content (AvgIpc) is 2.76. The van der Waals surface area contributed by atoms with Crippen LogP contribution in [0, 0.1) is 11.8 Å². The SMILES string of the molecule is CC(C)Cc1nnc(NC(=O)CC2CCNCC2)s1.Cl. The lowest BCUT2D eigenvalue weighted by Gasteiger charge is -2.21. The first-order valence-corrected chi connectivity index (χ1v) is 7.78. The molecule has 0 saturated carbocycles. The first-order chi connectivity index (χ1) is 9.13. The highest BCUT2D eigenvalue weighted by molar-refractivity contribution is 7.15. The largest absolute Gasteiger partial charge is 0.317 e. The number of carbonyl (C=O) groups is 1. The fourth-order valence-electron chi connectivity index (χ4n) is 2.25. The van der Waals surface area contributed by atoms with Crippen LogP contribution in [-0.4, -0.2) is 29.2 Å². The quantitative estimate of drug-likeness (QED) is 0.875. The molecule has 5 nitrogen and oxygen atoms in total. The lowest BCUT2D eigenvalue weighted by atomic mass is 9.94. The minimum absolute atomic E-state index is 0. The van der Waals surface area contributed by atoms with Crippen LogP contribution < -0.4 is 10.6 Å². The molecule has 2 rings (SSSR count). The second kappa shape index (κ2) is 8.54. The van der Waals surface area contributed by atoms with Crippen molar-refractivity contribution in [2.24, 2.45) is 11.8 Å². The van der Waals surface area contributed by atoms with E-state index in [1.807, 2.05) is 0 Å². The smallest absolute Gasteiger partial charge is 0.226 e. The first-order valence-electron chi connectivity index (χ1n) is 6.96. The third kappa shape index (κ3) is 5.73. The number of halogens is 1. The number of carbonyl (C=O) groups excluding carboxylic acids is 1. The zero-order valence-electron chi connectivity index (χ0n) is 12.0. The molecule has 1 aliphatic heterocycles. The molecule has 1 aliphatic rings. The third-order valence-corrected chi connectivity index (χ3v) is 4.09. The van der Waals surface area contributed by atoms with Gasteiger partial charge in [-0.2, -0.15) is 0 Å². The van der Waals surface area contributed by atoms with Crippen LogP contribution in [0.25, 0.3) is 0 Å². The Balaban J connectivity index is 0.00000200. The highest BCUT2D eigenvalue weighted by atomic mass is 35.5. The number of rotatable bonds is 5. The zero-order valence-corrected chi connectivity index (χ0v) is 13.6. The van der Waals surface area contributed by atoms with Crippen LogP contribution in [-0.2, 0) is 11.2 Å². The van der Waals surface area contributed by atoms with Crippen LogP contribution in [0.4, 0.5) is 5.13 Å². The van der Waals surface area contributed by atoms with E-state index in [1.54, 1.807) is 0 Å². The van der Waals surface area contributed by atoms with Crippen LogP contribution >= 0.6 is 23.7 Å². The summed E-state index contributed by atoms with van der Waals surface area (Å²) in [6.07, 6.45) is 3.69. The summed E-state index contributed by atoms with van der Waals surface area (Å²) in [6.45, 7) is 6.35. The molecule has 1 aromatic rings. The van der Waals surface area contributed by atoms with Crippen molar-refractivity contribution in [2.45, 2.75) is 39.5 Å². The van der Waals surface area contributed by atoms with Gasteiger partial charge in [-0.15, -0.1) is 22.6 Å². The summed E-state index contributed by atoms with van der Waals surface area (Å²) < 4.78 is 0. The maximum Gasteiger partial charge on any atom is 0.226 e. The van der Waals surface area contributed by atoms with E-state index in [-0.39, 0.29) is 18.3 Å². The molecular formula is C13H23ClN4OS. The number of hydrogen-bond acceptors (Lipinski definition) is 5. The molecule has 7 heteroatoms. The monoisotopic (exact) mass is 318 g/mol. The van der Waals surface area contributed by atoms with Gasteiger partial charge in [0, 0.05) is 12.8 Å². The van der Waals surface area contributed by atoms with Crippen LogP contribution in [0.2, 0.25) is 0 Å². The predicted octanol–water partition coefficient (Wildman–Crippen LogP) is 2.49. The van der Waals surface area contributed by atoms with Crippen molar-refractivity contribution in [1.82, 2.24) is 15.5 Å². The molecule has 114 valence electrons.